The van der Waals surface area contributed by atoms with Gasteiger partial charge >= 0.3 is 6.18 Å². The summed E-state index contributed by atoms with van der Waals surface area (Å²) >= 11 is 1.18. The van der Waals surface area contributed by atoms with Gasteiger partial charge in [0.1, 0.15) is 0 Å². The van der Waals surface area contributed by atoms with E-state index in [1.165, 1.54) is 17.5 Å². The molecule has 9 heteroatoms. The first-order valence-electron chi connectivity index (χ1n) is 4.76. The lowest BCUT2D eigenvalue weighted by Crippen LogP contribution is -2.35. The highest BCUT2D eigenvalue weighted by molar-refractivity contribution is 7.15. The Morgan fingerprint density at radius 3 is 2.71 bits per heavy atom. The highest BCUT2D eigenvalue weighted by atomic mass is 32.1. The summed E-state index contributed by atoms with van der Waals surface area (Å²) in [5.41, 5.74) is 2.32. The second-order valence-corrected chi connectivity index (χ2v) is 4.44. The molecule has 0 bridgehead atoms. The van der Waals surface area contributed by atoms with E-state index in [1.807, 2.05) is 0 Å². The maximum Gasteiger partial charge on any atom is 0.401 e. The summed E-state index contributed by atoms with van der Waals surface area (Å²) < 4.78 is 36.7. The van der Waals surface area contributed by atoms with Crippen LogP contribution in [0.2, 0.25) is 0 Å². The molecule has 0 amide bonds. The summed E-state index contributed by atoms with van der Waals surface area (Å²) in [6, 6.07) is 0. The first kappa shape index (κ1) is 14.2. The fraction of sp³-hybridized carbons (Fsp3) is 0.625. The number of nitrogens with one attached hydrogen (secondary N) is 1. The number of nitrogen functional groups attached to an aromatic ring is 1. The number of halogens is 3. The maximum atomic E-state index is 12.2. The zero-order valence-electron chi connectivity index (χ0n) is 8.87. The fourth-order valence-electron chi connectivity index (χ4n) is 1.28. The number of anilines is 1. The molecule has 0 aliphatic heterocycles. The van der Waals surface area contributed by atoms with Crippen LogP contribution in [0.5, 0.6) is 0 Å². The molecule has 1 rings (SSSR count). The van der Waals surface area contributed by atoms with Gasteiger partial charge in [-0.25, -0.2) is 10.8 Å². The Morgan fingerprint density at radius 2 is 2.24 bits per heavy atom. The quantitative estimate of drug-likeness (QED) is 0.526. The van der Waals surface area contributed by atoms with Crippen LogP contribution >= 0.6 is 11.3 Å². The van der Waals surface area contributed by atoms with Gasteiger partial charge in [0.15, 0.2) is 5.13 Å². The normalized spacial score (nSPS) is 12.1. The molecule has 4 N–H and O–H groups in total. The Hall–Kier alpha value is -0.900. The lowest BCUT2D eigenvalue weighted by Gasteiger charge is -2.21. The Kier molecular flexibility index (Phi) is 5.12. The van der Waals surface area contributed by atoms with E-state index in [4.69, 9.17) is 10.9 Å². The second-order valence-electron chi connectivity index (χ2n) is 3.33. The molecule has 5 nitrogen and oxygen atoms in total. The van der Waals surface area contributed by atoms with Crippen molar-refractivity contribution in [1.29, 1.82) is 0 Å². The molecular weight excluding hydrogens is 257 g/mol. The van der Waals surface area contributed by atoms with Crippen molar-refractivity contribution >= 4 is 16.5 Å². The number of aliphatic hydroxyl groups excluding tert-OH is 1. The standard InChI is InChI=1S/C8H13F3N4OS/c9-8(10,11)5-15(1-2-16)4-6-3-13-7(14-12)17-6/h3,16H,1-2,4-5,12H2,(H,13,14). The first-order chi connectivity index (χ1) is 7.94. The minimum absolute atomic E-state index is 0.0389. The smallest absolute Gasteiger partial charge is 0.395 e. The maximum absolute atomic E-state index is 12.2. The number of aliphatic hydroxyl groups is 1. The van der Waals surface area contributed by atoms with Gasteiger partial charge in [0.05, 0.1) is 13.2 Å². The SMILES string of the molecule is NNc1ncc(CN(CCO)CC(F)(F)F)s1. The molecule has 0 aromatic carbocycles. The molecule has 0 saturated heterocycles. The van der Waals surface area contributed by atoms with Crippen LogP contribution < -0.4 is 11.3 Å². The molecule has 1 aromatic rings. The average molecular weight is 270 g/mol. The van der Waals surface area contributed by atoms with E-state index in [-0.39, 0.29) is 19.7 Å². The number of rotatable bonds is 6. The minimum atomic E-state index is -4.28. The van der Waals surface area contributed by atoms with Crippen molar-refractivity contribution in [2.75, 3.05) is 25.1 Å². The molecule has 1 aromatic heterocycles. The van der Waals surface area contributed by atoms with E-state index in [1.54, 1.807) is 0 Å². The topological polar surface area (TPSA) is 74.4 Å². The number of hydrogen-bond donors (Lipinski definition) is 3. The van der Waals surface area contributed by atoms with Gasteiger partial charge in [-0.05, 0) is 0 Å². The van der Waals surface area contributed by atoms with Gasteiger partial charge in [-0.2, -0.15) is 13.2 Å². The van der Waals surface area contributed by atoms with E-state index in [0.717, 1.165) is 4.90 Å². The van der Waals surface area contributed by atoms with Crippen LogP contribution in [0, 0.1) is 0 Å². The summed E-state index contributed by atoms with van der Waals surface area (Å²) in [7, 11) is 0. The van der Waals surface area contributed by atoms with E-state index < -0.39 is 12.7 Å². The number of thiazole rings is 1. The third-order valence-corrected chi connectivity index (χ3v) is 2.79. The van der Waals surface area contributed by atoms with E-state index in [0.29, 0.717) is 10.0 Å². The molecular formula is C8H13F3N4OS. The van der Waals surface area contributed by atoms with Gasteiger partial charge in [0, 0.05) is 24.2 Å². The van der Waals surface area contributed by atoms with Gasteiger partial charge in [-0.3, -0.25) is 10.3 Å². The Morgan fingerprint density at radius 1 is 1.53 bits per heavy atom. The lowest BCUT2D eigenvalue weighted by atomic mass is 10.4. The fourth-order valence-corrected chi connectivity index (χ4v) is 2.04. The Balaban J connectivity index is 2.59. The van der Waals surface area contributed by atoms with Crippen LogP contribution in [0.25, 0.3) is 0 Å². The van der Waals surface area contributed by atoms with Crippen molar-refractivity contribution < 1.29 is 18.3 Å². The van der Waals surface area contributed by atoms with E-state index in [2.05, 4.69) is 10.4 Å². The molecule has 1 heterocycles. The van der Waals surface area contributed by atoms with Crippen LogP contribution in [0.1, 0.15) is 4.88 Å². The monoisotopic (exact) mass is 270 g/mol. The first-order valence-corrected chi connectivity index (χ1v) is 5.57. The highest BCUT2D eigenvalue weighted by Gasteiger charge is 2.30. The Labute approximate surface area is 100 Å². The van der Waals surface area contributed by atoms with Crippen molar-refractivity contribution in [3.8, 4) is 0 Å². The molecule has 98 valence electrons. The third-order valence-electron chi connectivity index (χ3n) is 1.88. The largest absolute Gasteiger partial charge is 0.401 e. The van der Waals surface area contributed by atoms with E-state index >= 15 is 0 Å². The molecule has 0 radical (unpaired) electrons. The Bertz CT molecular complexity index is 344. The van der Waals surface area contributed by atoms with Crippen molar-refractivity contribution in [1.82, 2.24) is 9.88 Å². The zero-order chi connectivity index (χ0) is 12.9. The van der Waals surface area contributed by atoms with Gasteiger partial charge in [-0.1, -0.05) is 11.3 Å². The number of aromatic nitrogens is 1. The highest BCUT2D eigenvalue weighted by Crippen LogP contribution is 2.21. The molecule has 0 fully saturated rings. The van der Waals surface area contributed by atoms with Gasteiger partial charge in [0.2, 0.25) is 0 Å². The number of hydrogen-bond acceptors (Lipinski definition) is 6. The molecule has 0 spiro atoms. The molecule has 0 aliphatic carbocycles. The predicted octanol–water partition coefficient (Wildman–Crippen LogP) is 0.785. The summed E-state index contributed by atoms with van der Waals surface area (Å²) in [6.45, 7) is -1.34. The van der Waals surface area contributed by atoms with Crippen LogP contribution in [0.15, 0.2) is 6.20 Å². The average Bonchev–Trinajstić information content (AvgIpc) is 2.63. The van der Waals surface area contributed by atoms with Crippen LogP contribution in [-0.2, 0) is 6.54 Å². The van der Waals surface area contributed by atoms with Crippen molar-refractivity contribution in [3.05, 3.63) is 11.1 Å². The number of nitrogens with two attached hydrogens (primary N) is 1. The van der Waals surface area contributed by atoms with Crippen LogP contribution in [0.4, 0.5) is 18.3 Å². The molecule has 0 saturated carbocycles. The number of alkyl halides is 3. The number of hydrazine groups is 1. The summed E-state index contributed by atoms with van der Waals surface area (Å²) in [5.74, 6) is 5.12. The molecule has 0 atom stereocenters. The van der Waals surface area contributed by atoms with Crippen molar-refractivity contribution in [2.24, 2.45) is 5.84 Å². The summed E-state index contributed by atoms with van der Waals surface area (Å²) in [6.07, 6.45) is -2.82. The summed E-state index contributed by atoms with van der Waals surface area (Å²) in [4.78, 5) is 5.61. The molecule has 0 unspecified atom stereocenters. The van der Waals surface area contributed by atoms with Crippen molar-refractivity contribution in [2.45, 2.75) is 12.7 Å². The van der Waals surface area contributed by atoms with Crippen LogP contribution in [-0.4, -0.2) is 40.9 Å². The minimum Gasteiger partial charge on any atom is -0.395 e. The van der Waals surface area contributed by atoms with E-state index in [9.17, 15) is 13.2 Å². The zero-order valence-corrected chi connectivity index (χ0v) is 9.68. The second kappa shape index (κ2) is 6.15. The van der Waals surface area contributed by atoms with Crippen molar-refractivity contribution in [3.63, 3.8) is 0 Å². The molecule has 17 heavy (non-hydrogen) atoms. The van der Waals surface area contributed by atoms with Gasteiger partial charge in [0.25, 0.3) is 0 Å². The van der Waals surface area contributed by atoms with Gasteiger partial charge in [-0.15, -0.1) is 0 Å². The third kappa shape index (κ3) is 5.31. The van der Waals surface area contributed by atoms with Crippen LogP contribution in [0.3, 0.4) is 0 Å². The number of nitrogens with zero attached hydrogens (tertiary/aromatic N) is 2. The predicted molar refractivity (Wildman–Crippen MR) is 58.3 cm³/mol. The van der Waals surface area contributed by atoms with Gasteiger partial charge < -0.3 is 5.11 Å². The molecule has 0 aliphatic rings. The lowest BCUT2D eigenvalue weighted by molar-refractivity contribution is -0.147. The summed E-state index contributed by atoms with van der Waals surface area (Å²) in [5, 5.41) is 9.15.